The van der Waals surface area contributed by atoms with E-state index >= 15 is 0 Å². The lowest BCUT2D eigenvalue weighted by atomic mass is 10.1. The van der Waals surface area contributed by atoms with Crippen LogP contribution in [-0.2, 0) is 6.42 Å². The quantitative estimate of drug-likeness (QED) is 0.573. The Bertz CT molecular complexity index is 816. The second-order valence-electron chi connectivity index (χ2n) is 5.72. The first kappa shape index (κ1) is 16.8. The zero-order valence-electron chi connectivity index (χ0n) is 13.6. The number of benzene rings is 2. The van der Waals surface area contributed by atoms with E-state index in [2.05, 4.69) is 10.3 Å². The number of fused-ring (bicyclic) bond motifs is 1. The summed E-state index contributed by atoms with van der Waals surface area (Å²) in [7, 11) is 1.69. The van der Waals surface area contributed by atoms with E-state index in [-0.39, 0.29) is 0 Å². The summed E-state index contributed by atoms with van der Waals surface area (Å²) in [6.07, 6.45) is 2.30. The normalized spacial score (nSPS) is 12.5. The van der Waals surface area contributed by atoms with E-state index in [4.69, 9.17) is 16.3 Å². The molecular formula is C19H21ClN2O2. The molecule has 3 N–H and O–H groups in total. The minimum absolute atomic E-state index is 0.486. The number of methoxy groups -OCH3 is 1. The van der Waals surface area contributed by atoms with Crippen LogP contribution in [0.2, 0.25) is 5.02 Å². The van der Waals surface area contributed by atoms with Gasteiger partial charge in [-0.25, -0.2) is 0 Å². The zero-order chi connectivity index (χ0) is 16.9. The van der Waals surface area contributed by atoms with Crippen LogP contribution < -0.4 is 10.1 Å². The molecule has 0 amide bonds. The van der Waals surface area contributed by atoms with E-state index in [9.17, 15) is 5.11 Å². The SMILES string of the molecule is COc1cccc2[nH]cc(CCNCC(O)c3cccc(Cl)c3)c12. The number of hydrogen-bond donors (Lipinski definition) is 3. The maximum absolute atomic E-state index is 10.2. The van der Waals surface area contributed by atoms with Crippen molar-refractivity contribution in [2.24, 2.45) is 0 Å². The van der Waals surface area contributed by atoms with Gasteiger partial charge in [0, 0.05) is 28.7 Å². The highest BCUT2D eigenvalue weighted by molar-refractivity contribution is 6.30. The first-order valence-corrected chi connectivity index (χ1v) is 8.34. The van der Waals surface area contributed by atoms with Gasteiger partial charge >= 0.3 is 0 Å². The minimum Gasteiger partial charge on any atom is -0.496 e. The molecule has 0 aliphatic heterocycles. The second kappa shape index (κ2) is 7.71. The lowest BCUT2D eigenvalue weighted by Gasteiger charge is -2.12. The van der Waals surface area contributed by atoms with Crippen molar-refractivity contribution >= 4 is 22.5 Å². The lowest BCUT2D eigenvalue weighted by molar-refractivity contribution is 0.175. The number of rotatable bonds is 7. The number of aliphatic hydroxyl groups is 1. The van der Waals surface area contributed by atoms with Gasteiger partial charge in [0.1, 0.15) is 5.75 Å². The van der Waals surface area contributed by atoms with E-state index < -0.39 is 6.10 Å². The van der Waals surface area contributed by atoms with Crippen LogP contribution in [-0.4, -0.2) is 30.3 Å². The van der Waals surface area contributed by atoms with Gasteiger partial charge in [-0.05, 0) is 48.4 Å². The lowest BCUT2D eigenvalue weighted by Crippen LogP contribution is -2.23. The number of aromatic amines is 1. The van der Waals surface area contributed by atoms with Crippen molar-refractivity contribution in [1.82, 2.24) is 10.3 Å². The Morgan fingerprint density at radius 2 is 2.08 bits per heavy atom. The van der Waals surface area contributed by atoms with Crippen LogP contribution in [0.15, 0.2) is 48.7 Å². The number of hydrogen-bond acceptors (Lipinski definition) is 3. The molecule has 0 saturated carbocycles. The molecule has 126 valence electrons. The van der Waals surface area contributed by atoms with Crippen molar-refractivity contribution in [1.29, 1.82) is 0 Å². The van der Waals surface area contributed by atoms with Gasteiger partial charge < -0.3 is 20.1 Å². The summed E-state index contributed by atoms with van der Waals surface area (Å²) in [4.78, 5) is 3.27. The predicted molar refractivity (Wildman–Crippen MR) is 97.8 cm³/mol. The average molecular weight is 345 g/mol. The van der Waals surface area contributed by atoms with Crippen molar-refractivity contribution in [2.45, 2.75) is 12.5 Å². The Kier molecular flexibility index (Phi) is 5.41. The van der Waals surface area contributed by atoms with Crippen LogP contribution >= 0.6 is 11.6 Å². The molecule has 1 atom stereocenters. The van der Waals surface area contributed by atoms with E-state index in [1.165, 1.54) is 5.56 Å². The zero-order valence-corrected chi connectivity index (χ0v) is 14.3. The third kappa shape index (κ3) is 3.73. The molecule has 4 nitrogen and oxygen atoms in total. The van der Waals surface area contributed by atoms with Crippen molar-refractivity contribution < 1.29 is 9.84 Å². The maximum Gasteiger partial charge on any atom is 0.128 e. The number of H-pyrrole nitrogens is 1. The number of halogens is 1. The third-order valence-electron chi connectivity index (χ3n) is 4.11. The largest absolute Gasteiger partial charge is 0.496 e. The highest BCUT2D eigenvalue weighted by Crippen LogP contribution is 2.28. The van der Waals surface area contributed by atoms with Gasteiger partial charge in [-0.3, -0.25) is 0 Å². The van der Waals surface area contributed by atoms with Crippen molar-refractivity contribution in [3.63, 3.8) is 0 Å². The molecule has 1 aromatic heterocycles. The molecule has 1 heterocycles. The van der Waals surface area contributed by atoms with Gasteiger partial charge in [0.15, 0.2) is 0 Å². The van der Waals surface area contributed by atoms with Gasteiger partial charge in [-0.2, -0.15) is 0 Å². The first-order chi connectivity index (χ1) is 11.7. The summed E-state index contributed by atoms with van der Waals surface area (Å²) in [5.74, 6) is 0.878. The van der Waals surface area contributed by atoms with Gasteiger partial charge in [0.25, 0.3) is 0 Å². The summed E-state index contributed by atoms with van der Waals surface area (Å²) >= 11 is 5.95. The molecule has 0 saturated heterocycles. The fourth-order valence-electron chi connectivity index (χ4n) is 2.88. The molecule has 3 aromatic rings. The Labute approximate surface area is 146 Å². The maximum atomic E-state index is 10.2. The standard InChI is InChI=1S/C19H21ClN2O2/c1-24-18-7-3-6-16-19(18)14(11-22-16)8-9-21-12-17(23)13-4-2-5-15(20)10-13/h2-7,10-11,17,21-23H,8-9,12H2,1H3. The molecule has 0 radical (unpaired) electrons. The second-order valence-corrected chi connectivity index (χ2v) is 6.16. The summed E-state index contributed by atoms with van der Waals surface area (Å²) < 4.78 is 5.45. The molecule has 0 aliphatic carbocycles. The minimum atomic E-state index is -0.568. The fraction of sp³-hybridized carbons (Fsp3) is 0.263. The van der Waals surface area contributed by atoms with Crippen LogP contribution in [0.5, 0.6) is 5.75 Å². The number of nitrogens with one attached hydrogen (secondary N) is 2. The van der Waals surface area contributed by atoms with Crippen LogP contribution in [0.3, 0.4) is 0 Å². The van der Waals surface area contributed by atoms with Gasteiger partial charge in [-0.15, -0.1) is 0 Å². The summed E-state index contributed by atoms with van der Waals surface area (Å²) in [5, 5.41) is 15.3. The molecule has 0 aliphatic rings. The predicted octanol–water partition coefficient (Wildman–Crippen LogP) is 3.70. The van der Waals surface area contributed by atoms with Crippen LogP contribution in [0.25, 0.3) is 10.9 Å². The molecule has 1 unspecified atom stereocenters. The molecule has 0 fully saturated rings. The van der Waals surface area contributed by atoms with E-state index in [0.717, 1.165) is 35.2 Å². The molecule has 5 heteroatoms. The smallest absolute Gasteiger partial charge is 0.128 e. The Hall–Kier alpha value is -2.01. The van der Waals surface area contributed by atoms with Crippen molar-refractivity contribution in [2.75, 3.05) is 20.2 Å². The number of aliphatic hydroxyl groups excluding tert-OH is 1. The van der Waals surface area contributed by atoms with E-state index in [1.54, 1.807) is 19.2 Å². The summed E-state index contributed by atoms with van der Waals surface area (Å²) in [6, 6.07) is 13.3. The Balaban J connectivity index is 1.57. The van der Waals surface area contributed by atoms with Crippen LogP contribution in [0, 0.1) is 0 Å². The Morgan fingerprint density at radius 1 is 1.25 bits per heavy atom. The average Bonchev–Trinajstić information content (AvgIpc) is 3.02. The number of aromatic nitrogens is 1. The number of ether oxygens (including phenoxy) is 1. The summed E-state index contributed by atoms with van der Waals surface area (Å²) in [5.41, 5.74) is 3.10. The van der Waals surface area contributed by atoms with Gasteiger partial charge in [0.2, 0.25) is 0 Å². The highest BCUT2D eigenvalue weighted by Gasteiger charge is 2.10. The third-order valence-corrected chi connectivity index (χ3v) is 4.35. The molecule has 3 rings (SSSR count). The topological polar surface area (TPSA) is 57.3 Å². The molecule has 0 spiro atoms. The first-order valence-electron chi connectivity index (χ1n) is 7.96. The van der Waals surface area contributed by atoms with E-state index in [1.807, 2.05) is 36.5 Å². The van der Waals surface area contributed by atoms with Crippen molar-refractivity contribution in [3.05, 3.63) is 64.8 Å². The summed E-state index contributed by atoms with van der Waals surface area (Å²) in [6.45, 7) is 1.25. The van der Waals surface area contributed by atoms with Crippen LogP contribution in [0.1, 0.15) is 17.2 Å². The fourth-order valence-corrected chi connectivity index (χ4v) is 3.08. The van der Waals surface area contributed by atoms with Crippen molar-refractivity contribution in [3.8, 4) is 5.75 Å². The van der Waals surface area contributed by atoms with Gasteiger partial charge in [-0.1, -0.05) is 29.8 Å². The molecule has 0 bridgehead atoms. The highest BCUT2D eigenvalue weighted by atomic mass is 35.5. The molecule has 2 aromatic carbocycles. The monoisotopic (exact) mass is 344 g/mol. The molecule has 24 heavy (non-hydrogen) atoms. The van der Waals surface area contributed by atoms with Gasteiger partial charge in [0.05, 0.1) is 13.2 Å². The Morgan fingerprint density at radius 3 is 2.88 bits per heavy atom. The van der Waals surface area contributed by atoms with Crippen LogP contribution in [0.4, 0.5) is 0 Å². The van der Waals surface area contributed by atoms with E-state index in [0.29, 0.717) is 11.6 Å². The molecular weight excluding hydrogens is 324 g/mol.